The molecule has 2 saturated heterocycles. The summed E-state index contributed by atoms with van der Waals surface area (Å²) in [5, 5.41) is 6.99. The van der Waals surface area contributed by atoms with Gasteiger partial charge in [-0.15, -0.1) is 0 Å². The van der Waals surface area contributed by atoms with Crippen LogP contribution in [0.5, 0.6) is 0 Å². The van der Waals surface area contributed by atoms with Crippen molar-refractivity contribution in [3.8, 4) is 11.4 Å². The van der Waals surface area contributed by atoms with Crippen molar-refractivity contribution in [1.82, 2.24) is 25.4 Å². The van der Waals surface area contributed by atoms with Gasteiger partial charge in [-0.1, -0.05) is 44.1 Å². The maximum atomic E-state index is 18.0. The molecule has 0 radical (unpaired) electrons. The lowest BCUT2D eigenvalue weighted by molar-refractivity contribution is -0.243. The van der Waals surface area contributed by atoms with Crippen LogP contribution in [-0.4, -0.2) is 32.6 Å². The highest BCUT2D eigenvalue weighted by Gasteiger charge is 2.66. The zero-order valence-electron chi connectivity index (χ0n) is 24.2. The summed E-state index contributed by atoms with van der Waals surface area (Å²) in [6, 6.07) is 6.81. The number of carbonyl (C=O) groups is 1. The van der Waals surface area contributed by atoms with Gasteiger partial charge < -0.3 is 14.6 Å². The highest BCUT2D eigenvalue weighted by Crippen LogP contribution is 2.66. The van der Waals surface area contributed by atoms with Gasteiger partial charge in [0.25, 0.3) is 0 Å². The molecule has 6 fully saturated rings. The number of nitrogens with one attached hydrogen (secondary N) is 1. The molecule has 1 unspecified atom stereocenters. The highest BCUT2D eigenvalue weighted by atomic mass is 19.4. The average molecular weight is 600 g/mol. The fourth-order valence-corrected chi connectivity index (χ4v) is 7.30. The van der Waals surface area contributed by atoms with Crippen LogP contribution in [0.3, 0.4) is 0 Å². The molecule has 1 N–H and O–H groups in total. The molecule has 4 bridgehead atoms. The first-order valence-electron chi connectivity index (χ1n) is 14.7. The third-order valence-electron chi connectivity index (χ3n) is 10.2. The first kappa shape index (κ1) is 28.4. The van der Waals surface area contributed by atoms with Crippen LogP contribution in [0.1, 0.15) is 88.6 Å². The van der Waals surface area contributed by atoms with Crippen molar-refractivity contribution in [2.75, 3.05) is 6.61 Å². The Labute approximate surface area is 246 Å². The van der Waals surface area contributed by atoms with Crippen molar-refractivity contribution in [2.24, 2.45) is 16.7 Å². The van der Waals surface area contributed by atoms with Crippen LogP contribution in [0.15, 0.2) is 41.2 Å². The van der Waals surface area contributed by atoms with Crippen molar-refractivity contribution in [3.63, 3.8) is 0 Å². The number of halogens is 4. The third-order valence-corrected chi connectivity index (χ3v) is 10.2. The fraction of sp³-hybridized carbons (Fsp3) is 0.581. The van der Waals surface area contributed by atoms with Crippen molar-refractivity contribution in [2.45, 2.75) is 88.7 Å². The van der Waals surface area contributed by atoms with E-state index in [9.17, 15) is 18.0 Å². The molecule has 2 aromatic heterocycles. The first-order valence-corrected chi connectivity index (χ1v) is 14.7. The number of hydrogen-bond acceptors (Lipinski definition) is 7. The van der Waals surface area contributed by atoms with E-state index in [1.807, 2.05) is 20.8 Å². The van der Waals surface area contributed by atoms with Gasteiger partial charge in [-0.05, 0) is 56.9 Å². The maximum absolute atomic E-state index is 18.0. The highest BCUT2D eigenvalue weighted by molar-refractivity contribution is 5.86. The number of carbonyl (C=O) groups excluding carboxylic acids is 1. The van der Waals surface area contributed by atoms with E-state index in [1.54, 1.807) is 24.3 Å². The topological polar surface area (TPSA) is 103 Å². The fourth-order valence-electron chi connectivity index (χ4n) is 7.30. The van der Waals surface area contributed by atoms with E-state index in [2.05, 4.69) is 25.4 Å². The standard InChI is InChI=1S/C31H33F4N5O3/c1-26(2,3)25-38-22(40-43-25)19-5-4-6-20(11-19)30(32,39-24(41)27-12-18(13-27)14-27)28-7-9-29(10-8-28,42-17-28)21-15-36-23(37-16-21)31(33,34)35/h4-6,11,15-16,18H,7-10,12-14,17H2,1-3H3,(H,39,41). The molecule has 1 atom stereocenters. The minimum absolute atomic E-state index is 0.0406. The van der Waals surface area contributed by atoms with Crippen LogP contribution >= 0.6 is 0 Å². The van der Waals surface area contributed by atoms with Gasteiger partial charge in [0, 0.05) is 34.5 Å². The third kappa shape index (κ3) is 4.30. The number of rotatable bonds is 6. The van der Waals surface area contributed by atoms with E-state index in [4.69, 9.17) is 9.26 Å². The van der Waals surface area contributed by atoms with Gasteiger partial charge in [-0.3, -0.25) is 4.79 Å². The summed E-state index contributed by atoms with van der Waals surface area (Å²) in [6.07, 6.45) is 1.33. The van der Waals surface area contributed by atoms with Crippen molar-refractivity contribution >= 4 is 5.91 Å². The number of nitrogens with zero attached hydrogens (tertiary/aromatic N) is 4. The Kier molecular flexibility index (Phi) is 5.97. The first-order chi connectivity index (χ1) is 20.2. The monoisotopic (exact) mass is 599 g/mol. The predicted molar refractivity (Wildman–Crippen MR) is 145 cm³/mol. The molecule has 12 heteroatoms. The molecule has 0 spiro atoms. The molecule has 4 aliphatic carbocycles. The van der Waals surface area contributed by atoms with Crippen molar-refractivity contribution in [3.05, 3.63) is 59.5 Å². The number of amides is 1. The van der Waals surface area contributed by atoms with Crippen molar-refractivity contribution in [1.29, 1.82) is 0 Å². The SMILES string of the molecule is CC(C)(C)c1nc(-c2cccc(C(F)(NC(=O)C34CC(C3)C4)C34CCC(c5cnc(C(F)(F)F)nc5)(CC3)OC4)c2)no1. The van der Waals surface area contributed by atoms with E-state index in [-0.39, 0.29) is 23.5 Å². The van der Waals surface area contributed by atoms with Gasteiger partial charge in [-0.2, -0.15) is 18.2 Å². The van der Waals surface area contributed by atoms with Gasteiger partial charge in [0.05, 0.1) is 23.0 Å². The summed E-state index contributed by atoms with van der Waals surface area (Å²) in [7, 11) is 0. The zero-order valence-corrected chi connectivity index (χ0v) is 24.2. The van der Waals surface area contributed by atoms with E-state index in [0.29, 0.717) is 54.4 Å². The second-order valence-corrected chi connectivity index (χ2v) is 14.0. The Hall–Kier alpha value is -3.41. The number of hydrogen-bond donors (Lipinski definition) is 1. The Morgan fingerprint density at radius 2 is 1.67 bits per heavy atom. The minimum Gasteiger partial charge on any atom is -0.369 e. The molecule has 1 amide bonds. The molecular formula is C31H33F4N5O3. The van der Waals surface area contributed by atoms with Gasteiger partial charge in [0.1, 0.15) is 0 Å². The van der Waals surface area contributed by atoms with Crippen LogP contribution < -0.4 is 5.32 Å². The lowest BCUT2D eigenvalue weighted by Gasteiger charge is -2.62. The summed E-state index contributed by atoms with van der Waals surface area (Å²) in [4.78, 5) is 25.2. The molecule has 228 valence electrons. The van der Waals surface area contributed by atoms with Gasteiger partial charge in [0.2, 0.25) is 29.2 Å². The molecule has 6 aliphatic rings. The molecule has 4 heterocycles. The van der Waals surface area contributed by atoms with Crippen LogP contribution in [0.25, 0.3) is 11.4 Å². The summed E-state index contributed by atoms with van der Waals surface area (Å²) in [5.41, 5.74) is -1.65. The van der Waals surface area contributed by atoms with Crippen molar-refractivity contribution < 1.29 is 31.6 Å². The Morgan fingerprint density at radius 1 is 1.00 bits per heavy atom. The molecule has 9 rings (SSSR count). The number of benzene rings is 1. The predicted octanol–water partition coefficient (Wildman–Crippen LogP) is 6.37. The molecule has 4 saturated carbocycles. The van der Waals surface area contributed by atoms with E-state index < -0.39 is 34.2 Å². The molecule has 8 nitrogen and oxygen atoms in total. The summed E-state index contributed by atoms with van der Waals surface area (Å²) in [6.45, 7) is 5.82. The lowest BCUT2D eigenvalue weighted by Crippen LogP contribution is -2.68. The molecule has 43 heavy (non-hydrogen) atoms. The van der Waals surface area contributed by atoms with E-state index in [1.165, 1.54) is 0 Å². The number of fused-ring (bicyclic) bond motifs is 3. The normalized spacial score (nSPS) is 31.1. The maximum Gasteiger partial charge on any atom is 0.451 e. The van der Waals surface area contributed by atoms with Gasteiger partial charge in [0.15, 0.2) is 0 Å². The Balaban J connectivity index is 1.22. The molecule has 3 aromatic rings. The summed E-state index contributed by atoms with van der Waals surface area (Å²) in [5.74, 6) is -2.48. The Morgan fingerprint density at radius 3 is 2.19 bits per heavy atom. The zero-order chi connectivity index (χ0) is 30.5. The van der Waals surface area contributed by atoms with Crippen LogP contribution in [0, 0.1) is 16.7 Å². The summed E-state index contributed by atoms with van der Waals surface area (Å²) < 4.78 is 69.0. The molecule has 1 aromatic carbocycles. The number of alkyl halides is 4. The number of ether oxygens (including phenoxy) is 1. The second-order valence-electron chi connectivity index (χ2n) is 14.0. The quantitative estimate of drug-likeness (QED) is 0.260. The van der Waals surface area contributed by atoms with Gasteiger partial charge in [-0.25, -0.2) is 14.4 Å². The molecular weight excluding hydrogens is 566 g/mol. The van der Waals surface area contributed by atoms with Gasteiger partial charge >= 0.3 is 6.18 Å². The minimum atomic E-state index is -4.65. The van der Waals surface area contributed by atoms with E-state index >= 15 is 4.39 Å². The second kappa shape index (κ2) is 9.06. The number of aromatic nitrogens is 4. The molecule has 2 aliphatic heterocycles. The lowest BCUT2D eigenvalue weighted by atomic mass is 9.44. The smallest absolute Gasteiger partial charge is 0.369 e. The largest absolute Gasteiger partial charge is 0.451 e. The van der Waals surface area contributed by atoms with Crippen LogP contribution in [-0.2, 0) is 32.5 Å². The van der Waals surface area contributed by atoms with Crippen LogP contribution in [0.4, 0.5) is 17.6 Å². The Bertz CT molecular complexity index is 1540. The summed E-state index contributed by atoms with van der Waals surface area (Å²) >= 11 is 0. The average Bonchev–Trinajstić information content (AvgIpc) is 3.43. The van der Waals surface area contributed by atoms with E-state index in [0.717, 1.165) is 31.7 Å². The van der Waals surface area contributed by atoms with Crippen LogP contribution in [0.2, 0.25) is 0 Å².